The zero-order valence-corrected chi connectivity index (χ0v) is 11.0. The highest BCUT2D eigenvalue weighted by Gasteiger charge is 2.13. The first kappa shape index (κ1) is 14.0. The minimum Gasteiger partial charge on any atom is -0.496 e. The van der Waals surface area contributed by atoms with Gasteiger partial charge in [0.1, 0.15) is 11.5 Å². The van der Waals surface area contributed by atoms with E-state index in [2.05, 4.69) is 5.32 Å². The maximum atomic E-state index is 11.2. The summed E-state index contributed by atoms with van der Waals surface area (Å²) in [6, 6.07) is 3.60. The number of carbonyl (C=O) groups excluding carboxylic acids is 2. The van der Waals surface area contributed by atoms with Crippen LogP contribution in [0.4, 0.5) is 0 Å². The van der Waals surface area contributed by atoms with Crippen molar-refractivity contribution in [1.82, 2.24) is 5.32 Å². The molecule has 0 spiro atoms. The van der Waals surface area contributed by atoms with E-state index in [4.69, 9.17) is 9.47 Å². The lowest BCUT2D eigenvalue weighted by Crippen LogP contribution is -2.28. The van der Waals surface area contributed by atoms with E-state index in [1.54, 1.807) is 26.4 Å². The molecule has 0 fully saturated rings. The highest BCUT2D eigenvalue weighted by atomic mass is 16.5. The van der Waals surface area contributed by atoms with Crippen molar-refractivity contribution < 1.29 is 19.1 Å². The van der Waals surface area contributed by atoms with Gasteiger partial charge < -0.3 is 14.8 Å². The number of ether oxygens (including phenoxy) is 2. The number of Topliss-reactive ketones (excluding diaryl/α,β-unsaturated/α-hetero) is 1. The van der Waals surface area contributed by atoms with E-state index in [0.717, 1.165) is 11.1 Å². The molecule has 0 atom stereocenters. The number of rotatable bonds is 5. The second kappa shape index (κ2) is 6.05. The Morgan fingerprint density at radius 2 is 1.89 bits per heavy atom. The van der Waals surface area contributed by atoms with Crippen LogP contribution >= 0.6 is 0 Å². The van der Waals surface area contributed by atoms with Crippen LogP contribution in [0.25, 0.3) is 0 Å². The average Bonchev–Trinajstić information content (AvgIpc) is 2.35. The molecule has 1 aromatic carbocycles. The van der Waals surface area contributed by atoms with Crippen LogP contribution in [-0.4, -0.2) is 25.9 Å². The average molecular weight is 251 g/mol. The van der Waals surface area contributed by atoms with E-state index in [9.17, 15) is 9.59 Å². The monoisotopic (exact) mass is 251 g/mol. The summed E-state index contributed by atoms with van der Waals surface area (Å²) in [4.78, 5) is 22.0. The summed E-state index contributed by atoms with van der Waals surface area (Å²) < 4.78 is 10.5. The minimum absolute atomic E-state index is 0.242. The molecule has 1 rings (SSSR count). The Hall–Kier alpha value is -2.04. The first-order chi connectivity index (χ1) is 8.51. The standard InChI is InChI=1S/C13H17NO4/c1-8-11(17-3)6-5-10(12(8)18-4)7-14-13(16)9(2)15/h5-6H,7H2,1-4H3,(H,14,16). The smallest absolute Gasteiger partial charge is 0.287 e. The van der Waals surface area contributed by atoms with Crippen LogP contribution in [0.1, 0.15) is 18.1 Å². The van der Waals surface area contributed by atoms with Crippen LogP contribution in [0.3, 0.4) is 0 Å². The molecule has 0 bridgehead atoms. The van der Waals surface area contributed by atoms with Crippen molar-refractivity contribution in [3.63, 3.8) is 0 Å². The lowest BCUT2D eigenvalue weighted by Gasteiger charge is -2.14. The van der Waals surface area contributed by atoms with Gasteiger partial charge in [0.25, 0.3) is 5.91 Å². The summed E-state index contributed by atoms with van der Waals surface area (Å²) in [6.07, 6.45) is 0. The molecule has 0 aromatic heterocycles. The van der Waals surface area contributed by atoms with Gasteiger partial charge in [-0.2, -0.15) is 0 Å². The normalized spacial score (nSPS) is 9.78. The molecule has 1 N–H and O–H groups in total. The van der Waals surface area contributed by atoms with Crippen LogP contribution in [-0.2, 0) is 16.1 Å². The topological polar surface area (TPSA) is 64.6 Å². The molecular formula is C13H17NO4. The molecule has 0 aliphatic rings. The Morgan fingerprint density at radius 1 is 1.22 bits per heavy atom. The number of hydrogen-bond donors (Lipinski definition) is 1. The maximum Gasteiger partial charge on any atom is 0.287 e. The summed E-state index contributed by atoms with van der Waals surface area (Å²) in [6.45, 7) is 3.34. The zero-order valence-electron chi connectivity index (χ0n) is 11.0. The lowest BCUT2D eigenvalue weighted by molar-refractivity contribution is -0.136. The number of benzene rings is 1. The predicted octanol–water partition coefficient (Wildman–Crippen LogP) is 1.22. The van der Waals surface area contributed by atoms with Crippen LogP contribution in [0.2, 0.25) is 0 Å². The van der Waals surface area contributed by atoms with Crippen molar-refractivity contribution in [2.24, 2.45) is 0 Å². The van der Waals surface area contributed by atoms with Crippen LogP contribution in [0, 0.1) is 6.92 Å². The summed E-state index contributed by atoms with van der Waals surface area (Å²) >= 11 is 0. The van der Waals surface area contributed by atoms with E-state index in [0.29, 0.717) is 11.5 Å². The Morgan fingerprint density at radius 3 is 2.39 bits per heavy atom. The van der Waals surface area contributed by atoms with Crippen molar-refractivity contribution in [2.45, 2.75) is 20.4 Å². The third kappa shape index (κ3) is 3.00. The number of amides is 1. The van der Waals surface area contributed by atoms with Gasteiger partial charge in [0.2, 0.25) is 5.78 Å². The molecule has 0 radical (unpaired) electrons. The molecule has 0 saturated heterocycles. The molecule has 1 aromatic rings. The van der Waals surface area contributed by atoms with Gasteiger partial charge in [-0.05, 0) is 19.1 Å². The fraction of sp³-hybridized carbons (Fsp3) is 0.385. The van der Waals surface area contributed by atoms with E-state index in [1.807, 2.05) is 6.92 Å². The lowest BCUT2D eigenvalue weighted by atomic mass is 10.1. The summed E-state index contributed by atoms with van der Waals surface area (Å²) in [5, 5.41) is 2.53. The molecule has 5 heteroatoms. The predicted molar refractivity (Wildman–Crippen MR) is 66.8 cm³/mol. The van der Waals surface area contributed by atoms with Crippen molar-refractivity contribution in [1.29, 1.82) is 0 Å². The van der Waals surface area contributed by atoms with Gasteiger partial charge in [0.15, 0.2) is 0 Å². The molecule has 0 saturated carbocycles. The number of nitrogens with one attached hydrogen (secondary N) is 1. The van der Waals surface area contributed by atoms with Crippen LogP contribution < -0.4 is 14.8 Å². The van der Waals surface area contributed by atoms with Crippen LogP contribution in [0.15, 0.2) is 12.1 Å². The largest absolute Gasteiger partial charge is 0.496 e. The van der Waals surface area contributed by atoms with Crippen molar-refractivity contribution in [3.8, 4) is 11.5 Å². The van der Waals surface area contributed by atoms with Gasteiger partial charge in [-0.3, -0.25) is 9.59 Å². The first-order valence-electron chi connectivity index (χ1n) is 5.50. The molecule has 1 amide bonds. The van der Waals surface area contributed by atoms with E-state index in [1.165, 1.54) is 6.92 Å². The first-order valence-corrected chi connectivity index (χ1v) is 5.50. The van der Waals surface area contributed by atoms with E-state index < -0.39 is 11.7 Å². The van der Waals surface area contributed by atoms with E-state index in [-0.39, 0.29) is 6.54 Å². The Balaban J connectivity index is 2.93. The van der Waals surface area contributed by atoms with Gasteiger partial charge in [-0.25, -0.2) is 0 Å². The van der Waals surface area contributed by atoms with Crippen LogP contribution in [0.5, 0.6) is 11.5 Å². The number of carbonyl (C=O) groups is 2. The van der Waals surface area contributed by atoms with Gasteiger partial charge >= 0.3 is 0 Å². The molecule has 18 heavy (non-hydrogen) atoms. The quantitative estimate of drug-likeness (QED) is 0.799. The highest BCUT2D eigenvalue weighted by molar-refractivity contribution is 6.35. The number of ketones is 1. The number of hydrogen-bond acceptors (Lipinski definition) is 4. The third-order valence-electron chi connectivity index (χ3n) is 2.62. The van der Waals surface area contributed by atoms with Gasteiger partial charge in [0.05, 0.1) is 14.2 Å². The fourth-order valence-electron chi connectivity index (χ4n) is 1.67. The Labute approximate surface area is 106 Å². The maximum absolute atomic E-state index is 11.2. The minimum atomic E-state index is -0.606. The zero-order chi connectivity index (χ0) is 13.7. The Kier molecular flexibility index (Phi) is 4.71. The van der Waals surface area contributed by atoms with Gasteiger partial charge in [-0.1, -0.05) is 0 Å². The van der Waals surface area contributed by atoms with E-state index >= 15 is 0 Å². The second-order valence-corrected chi connectivity index (χ2v) is 3.82. The number of methoxy groups -OCH3 is 2. The van der Waals surface area contributed by atoms with Gasteiger partial charge in [0, 0.05) is 24.6 Å². The molecule has 0 aliphatic heterocycles. The highest BCUT2D eigenvalue weighted by Crippen LogP contribution is 2.31. The summed E-state index contributed by atoms with van der Waals surface area (Å²) in [7, 11) is 3.14. The summed E-state index contributed by atoms with van der Waals surface area (Å²) in [5.74, 6) is 0.247. The molecule has 98 valence electrons. The Bertz CT molecular complexity index is 468. The molecule has 0 unspecified atom stereocenters. The van der Waals surface area contributed by atoms with Crippen molar-refractivity contribution in [2.75, 3.05) is 14.2 Å². The molecule has 0 aliphatic carbocycles. The molecule has 0 heterocycles. The summed E-state index contributed by atoms with van der Waals surface area (Å²) in [5.41, 5.74) is 1.65. The SMILES string of the molecule is COc1ccc(CNC(=O)C(C)=O)c(OC)c1C. The molecular weight excluding hydrogens is 234 g/mol. The van der Waals surface area contributed by atoms with Gasteiger partial charge in [-0.15, -0.1) is 0 Å². The molecule has 5 nitrogen and oxygen atoms in total. The third-order valence-corrected chi connectivity index (χ3v) is 2.62. The van der Waals surface area contributed by atoms with Crippen molar-refractivity contribution >= 4 is 11.7 Å². The second-order valence-electron chi connectivity index (χ2n) is 3.82. The fourth-order valence-corrected chi connectivity index (χ4v) is 1.67. The van der Waals surface area contributed by atoms with Crippen molar-refractivity contribution in [3.05, 3.63) is 23.3 Å².